The number of hydrogen-bond acceptors (Lipinski definition) is 3. The molecule has 2 fully saturated rings. The van der Waals surface area contributed by atoms with Gasteiger partial charge in [-0.3, -0.25) is 0 Å². The minimum Gasteiger partial charge on any atom is -0.357 e. The Bertz CT molecular complexity index is 345. The predicted molar refractivity (Wildman–Crippen MR) is 58.2 cm³/mol. The van der Waals surface area contributed by atoms with E-state index in [1.807, 2.05) is 6.07 Å². The average molecular weight is 204 g/mol. The molecule has 0 spiro atoms. The van der Waals surface area contributed by atoms with Crippen LogP contribution in [-0.4, -0.2) is 17.2 Å². The summed E-state index contributed by atoms with van der Waals surface area (Å²) in [4.78, 5) is 0. The van der Waals surface area contributed by atoms with E-state index in [0.29, 0.717) is 12.0 Å². The summed E-state index contributed by atoms with van der Waals surface area (Å²) in [5.74, 6) is 1.53. The highest BCUT2D eigenvalue weighted by Gasteiger charge is 2.33. The maximum absolute atomic E-state index is 5.05. The van der Waals surface area contributed by atoms with Gasteiger partial charge in [0.05, 0.1) is 6.20 Å². The van der Waals surface area contributed by atoms with Crippen molar-refractivity contribution in [3.8, 4) is 0 Å². The van der Waals surface area contributed by atoms with Crippen LogP contribution in [0.3, 0.4) is 0 Å². The van der Waals surface area contributed by atoms with Gasteiger partial charge in [-0.25, -0.2) is 0 Å². The van der Waals surface area contributed by atoms with Gasteiger partial charge in [0.15, 0.2) is 5.76 Å². The number of hydrogen-bond donors (Lipinski definition) is 1. The van der Waals surface area contributed by atoms with E-state index in [-0.39, 0.29) is 0 Å². The van der Waals surface area contributed by atoms with E-state index >= 15 is 0 Å². The molecule has 1 aromatic rings. The lowest BCUT2D eigenvalue weighted by Gasteiger charge is -2.27. The minimum absolute atomic E-state index is 0.675. The van der Waals surface area contributed by atoms with Crippen molar-refractivity contribution < 1.29 is 4.52 Å². The summed E-state index contributed by atoms with van der Waals surface area (Å²) in [7, 11) is 0. The zero-order chi connectivity index (χ0) is 10.1. The molecule has 15 heavy (non-hydrogen) atoms. The molecule has 1 N–H and O–H groups in total. The van der Waals surface area contributed by atoms with Gasteiger partial charge in [0.1, 0.15) is 0 Å². The molecule has 2 aliphatic heterocycles. The molecule has 2 saturated heterocycles. The normalized spacial score (nSPS) is 35.1. The van der Waals surface area contributed by atoms with Gasteiger partial charge in [-0.1, -0.05) is 11.2 Å². The Hall–Kier alpha value is -1.09. The maximum atomic E-state index is 5.05. The highest BCUT2D eigenvalue weighted by molar-refractivity contribution is 5.42. The third kappa shape index (κ3) is 1.84. The fourth-order valence-corrected chi connectivity index (χ4v) is 2.77. The van der Waals surface area contributed by atoms with Crippen LogP contribution in [0, 0.1) is 5.92 Å². The fraction of sp³-hybridized carbons (Fsp3) is 0.583. The predicted octanol–water partition coefficient (Wildman–Crippen LogP) is 2.22. The minimum atomic E-state index is 0.675. The zero-order valence-electron chi connectivity index (χ0n) is 8.73. The van der Waals surface area contributed by atoms with E-state index in [1.54, 1.807) is 6.20 Å². The number of rotatable bonds is 2. The molecule has 2 bridgehead atoms. The average Bonchev–Trinajstić information content (AvgIpc) is 2.88. The lowest BCUT2D eigenvalue weighted by atomic mass is 9.91. The van der Waals surface area contributed by atoms with E-state index in [1.165, 1.54) is 25.7 Å². The van der Waals surface area contributed by atoms with Crippen LogP contribution >= 0.6 is 0 Å². The van der Waals surface area contributed by atoms with Crippen molar-refractivity contribution in [1.82, 2.24) is 10.5 Å². The highest BCUT2D eigenvalue weighted by Crippen LogP contribution is 2.32. The molecule has 0 aliphatic carbocycles. The summed E-state index contributed by atoms with van der Waals surface area (Å²) in [5, 5.41) is 7.36. The standard InChI is InChI=1S/C12H16N2O/c1-3-10-4-6-12(14-10)9(1)2-5-11-7-8-13-15-11/h2,5,7-10,12,14H,1,3-4,6H2/b5-2+. The van der Waals surface area contributed by atoms with Gasteiger partial charge in [0.25, 0.3) is 0 Å². The zero-order valence-corrected chi connectivity index (χ0v) is 8.73. The van der Waals surface area contributed by atoms with Crippen LogP contribution in [0.5, 0.6) is 0 Å². The summed E-state index contributed by atoms with van der Waals surface area (Å²) in [6.45, 7) is 0. The molecule has 3 atom stereocenters. The molecule has 1 aromatic heterocycles. The van der Waals surface area contributed by atoms with Crippen LogP contribution in [-0.2, 0) is 0 Å². The molecule has 3 heterocycles. The van der Waals surface area contributed by atoms with Crippen molar-refractivity contribution in [1.29, 1.82) is 0 Å². The molecular formula is C12H16N2O. The Morgan fingerprint density at radius 2 is 2.27 bits per heavy atom. The fourth-order valence-electron chi connectivity index (χ4n) is 2.77. The van der Waals surface area contributed by atoms with Gasteiger partial charge in [0.2, 0.25) is 0 Å². The molecule has 80 valence electrons. The van der Waals surface area contributed by atoms with Gasteiger partial charge in [-0.2, -0.15) is 0 Å². The van der Waals surface area contributed by atoms with E-state index in [9.17, 15) is 0 Å². The van der Waals surface area contributed by atoms with E-state index in [0.717, 1.165) is 11.8 Å². The first kappa shape index (κ1) is 9.16. The van der Waals surface area contributed by atoms with E-state index in [4.69, 9.17) is 4.52 Å². The van der Waals surface area contributed by atoms with Gasteiger partial charge < -0.3 is 9.84 Å². The number of piperidine rings is 1. The SMILES string of the molecule is C(=C\C1CCC2CCC1N2)/c1ccno1. The first-order valence-electron chi connectivity index (χ1n) is 5.77. The summed E-state index contributed by atoms with van der Waals surface area (Å²) in [5.41, 5.74) is 0. The molecule has 3 nitrogen and oxygen atoms in total. The largest absolute Gasteiger partial charge is 0.357 e. The lowest BCUT2D eigenvalue weighted by Crippen LogP contribution is -2.39. The van der Waals surface area contributed by atoms with Crippen molar-refractivity contribution in [3.05, 3.63) is 24.1 Å². The monoisotopic (exact) mass is 204 g/mol. The van der Waals surface area contributed by atoms with Crippen LogP contribution in [0.1, 0.15) is 31.4 Å². The number of fused-ring (bicyclic) bond motifs is 2. The Labute approximate surface area is 89.5 Å². The Balaban J connectivity index is 1.68. The maximum Gasteiger partial charge on any atom is 0.159 e. The molecule has 2 aliphatic rings. The summed E-state index contributed by atoms with van der Waals surface area (Å²) < 4.78 is 5.05. The molecule has 3 unspecified atom stereocenters. The third-order valence-corrected chi connectivity index (χ3v) is 3.61. The van der Waals surface area contributed by atoms with Crippen LogP contribution < -0.4 is 5.32 Å². The van der Waals surface area contributed by atoms with Gasteiger partial charge in [-0.15, -0.1) is 0 Å². The molecule has 0 amide bonds. The Kier molecular flexibility index (Phi) is 2.33. The second-order valence-corrected chi connectivity index (χ2v) is 4.56. The van der Waals surface area contributed by atoms with Gasteiger partial charge >= 0.3 is 0 Å². The van der Waals surface area contributed by atoms with Gasteiger partial charge in [-0.05, 0) is 37.7 Å². The molecule has 0 aromatic carbocycles. The smallest absolute Gasteiger partial charge is 0.159 e. The Morgan fingerprint density at radius 1 is 1.33 bits per heavy atom. The first-order valence-corrected chi connectivity index (χ1v) is 5.77. The van der Waals surface area contributed by atoms with E-state index < -0.39 is 0 Å². The van der Waals surface area contributed by atoms with Crippen LogP contribution in [0.25, 0.3) is 6.08 Å². The molecule has 0 saturated carbocycles. The quantitative estimate of drug-likeness (QED) is 0.802. The van der Waals surface area contributed by atoms with Crippen molar-refractivity contribution in [2.24, 2.45) is 5.92 Å². The molecule has 3 rings (SSSR count). The second kappa shape index (κ2) is 3.81. The number of nitrogens with one attached hydrogen (secondary N) is 1. The van der Waals surface area contributed by atoms with Crippen molar-refractivity contribution in [3.63, 3.8) is 0 Å². The number of nitrogens with zero attached hydrogens (tertiary/aromatic N) is 1. The van der Waals surface area contributed by atoms with Crippen LogP contribution in [0.2, 0.25) is 0 Å². The molecular weight excluding hydrogens is 188 g/mol. The molecule has 0 radical (unpaired) electrons. The summed E-state index contributed by atoms with van der Waals surface area (Å²) >= 11 is 0. The van der Waals surface area contributed by atoms with E-state index in [2.05, 4.69) is 22.6 Å². The van der Waals surface area contributed by atoms with Crippen LogP contribution in [0.4, 0.5) is 0 Å². The second-order valence-electron chi connectivity index (χ2n) is 4.56. The van der Waals surface area contributed by atoms with Gasteiger partial charge in [0, 0.05) is 18.2 Å². The first-order chi connectivity index (χ1) is 7.42. The van der Waals surface area contributed by atoms with Crippen molar-refractivity contribution in [2.75, 3.05) is 0 Å². The molecule has 3 heteroatoms. The van der Waals surface area contributed by atoms with Crippen LogP contribution in [0.15, 0.2) is 22.9 Å². The summed E-state index contributed by atoms with van der Waals surface area (Å²) in [6, 6.07) is 3.39. The number of aromatic nitrogens is 1. The van der Waals surface area contributed by atoms with Crippen molar-refractivity contribution >= 4 is 6.08 Å². The summed E-state index contributed by atoms with van der Waals surface area (Å²) in [6.07, 6.45) is 11.3. The van der Waals surface area contributed by atoms with Crippen molar-refractivity contribution in [2.45, 2.75) is 37.8 Å². The topological polar surface area (TPSA) is 38.1 Å². The highest BCUT2D eigenvalue weighted by atomic mass is 16.5. The third-order valence-electron chi connectivity index (χ3n) is 3.61. The Morgan fingerprint density at radius 3 is 3.13 bits per heavy atom. The lowest BCUT2D eigenvalue weighted by molar-refractivity contribution is 0.338.